The molecule has 6 rings (SSSR count). The second-order valence-electron chi connectivity index (χ2n) is 12.3. The lowest BCUT2D eigenvalue weighted by Crippen LogP contribution is -2.34. The molecule has 45 heavy (non-hydrogen) atoms. The number of pyridine rings is 2. The van der Waals surface area contributed by atoms with Crippen LogP contribution in [-0.2, 0) is 26.1 Å². The monoisotopic (exact) mass is 634 g/mol. The van der Waals surface area contributed by atoms with Gasteiger partial charge in [-0.3, -0.25) is 9.78 Å². The number of nitrogens with zero attached hydrogens (tertiary/aromatic N) is 6. The van der Waals surface area contributed by atoms with E-state index >= 15 is 0 Å². The quantitative estimate of drug-likeness (QED) is 0.310. The van der Waals surface area contributed by atoms with Gasteiger partial charge >= 0.3 is 5.97 Å². The molecule has 4 aromatic rings. The largest absolute Gasteiger partial charge is 0.481 e. The Balaban J connectivity index is 1.42. The number of carboxylic acid groups (broad SMARTS) is 1. The Morgan fingerprint density at radius 2 is 1.93 bits per heavy atom. The van der Waals surface area contributed by atoms with Gasteiger partial charge in [-0.15, -0.1) is 5.10 Å². The standard InChI is InChI=1S/C32H38N6O6S/c1-20-25(10-11-26-29(20)35-36-38(26)24-8-9-24)28(32(3,4)31(39)40)22-17-23(21(2)34-18-22)19-37-13-6-14-43-15-16-44-30-27(45(37,41)42)7-5-12-33-30/h5,7,10-12,17-18,24,28H,6,8-9,13-16,19H2,1-4H3,(H,39,40)/t28-/m0/s1. The molecule has 0 amide bonds. The van der Waals surface area contributed by atoms with Gasteiger partial charge in [0.1, 0.15) is 17.0 Å². The molecule has 3 aromatic heterocycles. The summed E-state index contributed by atoms with van der Waals surface area (Å²) < 4.78 is 42.7. The topological polar surface area (TPSA) is 150 Å². The van der Waals surface area contributed by atoms with Gasteiger partial charge in [0.25, 0.3) is 0 Å². The van der Waals surface area contributed by atoms with Crippen molar-refractivity contribution >= 4 is 27.0 Å². The summed E-state index contributed by atoms with van der Waals surface area (Å²) in [6.45, 7) is 8.29. The van der Waals surface area contributed by atoms with Crippen LogP contribution < -0.4 is 4.74 Å². The number of hydrogen-bond donors (Lipinski definition) is 1. The Kier molecular flexibility index (Phi) is 8.35. The Bertz CT molecular complexity index is 1850. The third kappa shape index (κ3) is 5.91. The summed E-state index contributed by atoms with van der Waals surface area (Å²) in [6, 6.07) is 9.25. The van der Waals surface area contributed by atoms with Crippen molar-refractivity contribution in [3.05, 3.63) is 70.7 Å². The molecule has 1 aromatic carbocycles. The van der Waals surface area contributed by atoms with Gasteiger partial charge in [-0.2, -0.15) is 4.31 Å². The van der Waals surface area contributed by atoms with E-state index in [1.54, 1.807) is 26.1 Å². The molecular weight excluding hydrogens is 596 g/mol. The van der Waals surface area contributed by atoms with Crippen molar-refractivity contribution in [2.24, 2.45) is 5.41 Å². The third-order valence-corrected chi connectivity index (χ3v) is 10.7. The van der Waals surface area contributed by atoms with Gasteiger partial charge in [0, 0.05) is 43.7 Å². The molecule has 1 aliphatic carbocycles. The fraction of sp³-hybridized carbons (Fsp3) is 0.469. The normalized spacial score (nSPS) is 18.5. The maximum atomic E-state index is 14.0. The molecule has 4 heterocycles. The van der Waals surface area contributed by atoms with E-state index in [0.717, 1.165) is 35.0 Å². The van der Waals surface area contributed by atoms with E-state index in [2.05, 4.69) is 20.3 Å². The number of rotatable bonds is 7. The lowest BCUT2D eigenvalue weighted by Gasteiger charge is -2.33. The number of aromatic nitrogens is 5. The zero-order chi connectivity index (χ0) is 31.9. The molecule has 1 aliphatic heterocycles. The van der Waals surface area contributed by atoms with Crippen LogP contribution in [0.2, 0.25) is 0 Å². The molecule has 1 N–H and O–H groups in total. The minimum atomic E-state index is -4.02. The first kappa shape index (κ1) is 31.1. The Labute approximate surface area is 262 Å². The van der Waals surface area contributed by atoms with Gasteiger partial charge < -0.3 is 14.6 Å². The molecule has 0 radical (unpaired) electrons. The molecule has 0 saturated heterocycles. The molecule has 1 saturated carbocycles. The molecule has 0 bridgehead atoms. The molecule has 1 fully saturated rings. The molecule has 0 spiro atoms. The van der Waals surface area contributed by atoms with Crippen LogP contribution in [-0.4, -0.2) is 75.1 Å². The van der Waals surface area contributed by atoms with E-state index in [4.69, 9.17) is 9.47 Å². The van der Waals surface area contributed by atoms with E-state index in [1.165, 1.54) is 16.6 Å². The summed E-state index contributed by atoms with van der Waals surface area (Å²) in [5, 5.41) is 19.3. The number of hydrogen-bond acceptors (Lipinski definition) is 9. The SMILES string of the molecule is Cc1ncc([C@@H](c2ccc3c(nnn3C3CC3)c2C)C(C)(C)C(=O)O)cc1CN1CCCOCCOc2ncccc2S1(=O)=O. The van der Waals surface area contributed by atoms with Crippen molar-refractivity contribution in [2.75, 3.05) is 26.4 Å². The van der Waals surface area contributed by atoms with Crippen LogP contribution in [0.3, 0.4) is 0 Å². The van der Waals surface area contributed by atoms with E-state index in [1.807, 2.05) is 36.7 Å². The first-order valence-corrected chi connectivity index (χ1v) is 16.6. The summed E-state index contributed by atoms with van der Waals surface area (Å²) in [5.41, 5.74) is 4.10. The van der Waals surface area contributed by atoms with Crippen LogP contribution in [0.5, 0.6) is 5.88 Å². The highest BCUT2D eigenvalue weighted by molar-refractivity contribution is 7.89. The maximum Gasteiger partial charge on any atom is 0.310 e. The molecule has 1 atom stereocenters. The van der Waals surface area contributed by atoms with Gasteiger partial charge in [-0.25, -0.2) is 18.1 Å². The summed E-state index contributed by atoms with van der Waals surface area (Å²) in [5.74, 6) is -1.54. The zero-order valence-electron chi connectivity index (χ0n) is 25.9. The fourth-order valence-corrected chi connectivity index (χ4v) is 7.55. The Morgan fingerprint density at radius 3 is 2.69 bits per heavy atom. The second-order valence-corrected chi connectivity index (χ2v) is 14.3. The minimum Gasteiger partial charge on any atom is -0.481 e. The van der Waals surface area contributed by atoms with Crippen LogP contribution in [0.4, 0.5) is 0 Å². The average molecular weight is 635 g/mol. The number of carboxylic acids is 1. The summed E-state index contributed by atoms with van der Waals surface area (Å²) in [4.78, 5) is 21.6. The van der Waals surface area contributed by atoms with Crippen LogP contribution >= 0.6 is 0 Å². The van der Waals surface area contributed by atoms with E-state index in [-0.39, 0.29) is 30.5 Å². The molecule has 0 unspecified atom stereocenters. The Hall–Kier alpha value is -3.94. The van der Waals surface area contributed by atoms with Crippen molar-refractivity contribution in [1.29, 1.82) is 0 Å². The number of ether oxygens (including phenoxy) is 2. The maximum absolute atomic E-state index is 14.0. The summed E-state index contributed by atoms with van der Waals surface area (Å²) in [7, 11) is -4.02. The van der Waals surface area contributed by atoms with Crippen molar-refractivity contribution < 1.29 is 27.8 Å². The van der Waals surface area contributed by atoms with Gasteiger partial charge in [0.15, 0.2) is 0 Å². The molecule has 238 valence electrons. The van der Waals surface area contributed by atoms with Crippen LogP contribution in [0.15, 0.2) is 47.6 Å². The highest BCUT2D eigenvalue weighted by atomic mass is 32.2. The average Bonchev–Trinajstić information content (AvgIpc) is 3.76. The molecular formula is C32H38N6O6S. The van der Waals surface area contributed by atoms with Crippen LogP contribution in [0.1, 0.15) is 73.0 Å². The predicted molar refractivity (Wildman–Crippen MR) is 166 cm³/mol. The molecule has 2 aliphatic rings. The summed E-state index contributed by atoms with van der Waals surface area (Å²) >= 11 is 0. The van der Waals surface area contributed by atoms with Crippen molar-refractivity contribution in [3.8, 4) is 5.88 Å². The van der Waals surface area contributed by atoms with Crippen LogP contribution in [0.25, 0.3) is 11.0 Å². The van der Waals surface area contributed by atoms with Crippen molar-refractivity contribution in [1.82, 2.24) is 29.3 Å². The second kappa shape index (κ2) is 12.1. The number of sulfonamides is 1. The van der Waals surface area contributed by atoms with E-state index in [0.29, 0.717) is 42.5 Å². The lowest BCUT2D eigenvalue weighted by atomic mass is 9.70. The van der Waals surface area contributed by atoms with Gasteiger partial charge in [0.05, 0.1) is 23.6 Å². The summed E-state index contributed by atoms with van der Waals surface area (Å²) in [6.07, 6.45) is 5.81. The van der Waals surface area contributed by atoms with Gasteiger partial charge in [0.2, 0.25) is 15.9 Å². The zero-order valence-corrected chi connectivity index (χ0v) is 26.7. The third-order valence-electron chi connectivity index (χ3n) is 8.83. The van der Waals surface area contributed by atoms with Crippen molar-refractivity contribution in [3.63, 3.8) is 0 Å². The number of aryl methyl sites for hydroxylation is 2. The Morgan fingerprint density at radius 1 is 1.13 bits per heavy atom. The fourth-order valence-electron chi connectivity index (χ4n) is 6.02. The van der Waals surface area contributed by atoms with Gasteiger partial charge in [-0.1, -0.05) is 17.3 Å². The number of benzene rings is 1. The number of fused-ring (bicyclic) bond motifs is 2. The minimum absolute atomic E-state index is 0.0123. The smallest absolute Gasteiger partial charge is 0.310 e. The lowest BCUT2D eigenvalue weighted by molar-refractivity contribution is -0.147. The van der Waals surface area contributed by atoms with E-state index < -0.39 is 27.3 Å². The predicted octanol–water partition coefficient (Wildman–Crippen LogP) is 4.41. The first-order chi connectivity index (χ1) is 21.5. The highest BCUT2D eigenvalue weighted by Crippen LogP contribution is 2.45. The number of aliphatic carboxylic acids is 1. The van der Waals surface area contributed by atoms with Crippen LogP contribution in [0, 0.1) is 19.3 Å². The molecule has 13 heteroatoms. The number of carbonyl (C=O) groups is 1. The van der Waals surface area contributed by atoms with Gasteiger partial charge in [-0.05, 0) is 87.4 Å². The van der Waals surface area contributed by atoms with E-state index in [9.17, 15) is 18.3 Å². The highest BCUT2D eigenvalue weighted by Gasteiger charge is 2.41. The first-order valence-electron chi connectivity index (χ1n) is 15.2. The molecule has 12 nitrogen and oxygen atoms in total. The van der Waals surface area contributed by atoms with Crippen molar-refractivity contribution in [2.45, 2.75) is 70.4 Å².